The average Bonchev–Trinajstić information content (AvgIpc) is 3.29. The van der Waals surface area contributed by atoms with Gasteiger partial charge < -0.3 is 9.64 Å². The van der Waals surface area contributed by atoms with E-state index in [1.54, 1.807) is 12.1 Å². The van der Waals surface area contributed by atoms with Gasteiger partial charge in [-0.1, -0.05) is 36.4 Å². The van der Waals surface area contributed by atoms with Gasteiger partial charge in [0, 0.05) is 19.1 Å². The number of benzene rings is 3. The number of nitrogens with zero attached hydrogens (tertiary/aromatic N) is 2. The number of hydrogen-bond donors (Lipinski definition) is 1. The minimum Gasteiger partial charge on any atom is -0.494 e. The average molecular weight is 480 g/mol. The molecular weight excluding hydrogens is 453 g/mol. The van der Waals surface area contributed by atoms with Gasteiger partial charge in [0.2, 0.25) is 10.0 Å². The molecule has 0 aliphatic carbocycles. The lowest BCUT2D eigenvalue weighted by atomic mass is 10.0. The van der Waals surface area contributed by atoms with Gasteiger partial charge in [-0.05, 0) is 66.9 Å². The summed E-state index contributed by atoms with van der Waals surface area (Å²) in [6.45, 7) is 2.72. The van der Waals surface area contributed by atoms with Crippen LogP contribution < -0.4 is 9.46 Å². The van der Waals surface area contributed by atoms with Gasteiger partial charge in [0.25, 0.3) is 0 Å². The molecule has 0 spiro atoms. The molecule has 0 radical (unpaired) electrons. The number of rotatable bonds is 9. The zero-order valence-corrected chi connectivity index (χ0v) is 19.5. The van der Waals surface area contributed by atoms with Gasteiger partial charge in [0.1, 0.15) is 16.5 Å². The van der Waals surface area contributed by atoms with E-state index < -0.39 is 15.8 Å². The summed E-state index contributed by atoms with van der Waals surface area (Å²) in [6, 6.07) is 22.6. The Morgan fingerprint density at radius 2 is 1.71 bits per heavy atom. The van der Waals surface area contributed by atoms with Crippen molar-refractivity contribution in [1.29, 1.82) is 5.26 Å². The normalized spacial score (nSPS) is 16.3. The molecule has 1 atom stereocenters. The van der Waals surface area contributed by atoms with E-state index in [-0.39, 0.29) is 10.9 Å². The third kappa shape index (κ3) is 6.00. The molecule has 3 aromatic rings. The maximum Gasteiger partial charge on any atom is 0.243 e. The largest absolute Gasteiger partial charge is 0.494 e. The predicted octanol–water partition coefficient (Wildman–Crippen LogP) is 4.19. The van der Waals surface area contributed by atoms with E-state index >= 15 is 0 Å². The molecule has 1 N–H and O–H groups in total. The summed E-state index contributed by atoms with van der Waals surface area (Å²) in [5.74, 6) is 0.0429. The molecule has 3 aromatic carbocycles. The number of sulfonamides is 1. The second kappa shape index (κ2) is 10.8. The van der Waals surface area contributed by atoms with Gasteiger partial charge in [-0.25, -0.2) is 17.5 Å². The topological polar surface area (TPSA) is 82.4 Å². The van der Waals surface area contributed by atoms with E-state index in [2.05, 4.69) is 15.7 Å². The lowest BCUT2D eigenvalue weighted by Gasteiger charge is -2.17. The van der Waals surface area contributed by atoms with Gasteiger partial charge in [-0.15, -0.1) is 0 Å². The predicted molar refractivity (Wildman–Crippen MR) is 128 cm³/mol. The first-order valence-electron chi connectivity index (χ1n) is 11.2. The molecule has 0 aromatic heterocycles. The highest BCUT2D eigenvalue weighted by atomic mass is 32.2. The van der Waals surface area contributed by atoms with Gasteiger partial charge in [0.05, 0.1) is 18.2 Å². The van der Waals surface area contributed by atoms with Crippen LogP contribution in [-0.4, -0.2) is 45.6 Å². The molecule has 0 bridgehead atoms. The molecule has 0 saturated carbocycles. The second-order valence-electron chi connectivity index (χ2n) is 8.25. The molecule has 6 nitrogen and oxygen atoms in total. The van der Waals surface area contributed by atoms with E-state index in [0.717, 1.165) is 42.5 Å². The van der Waals surface area contributed by atoms with E-state index in [1.165, 1.54) is 18.2 Å². The molecule has 176 valence electrons. The van der Waals surface area contributed by atoms with Crippen LogP contribution in [0.2, 0.25) is 0 Å². The summed E-state index contributed by atoms with van der Waals surface area (Å²) in [5.41, 5.74) is 2.73. The fourth-order valence-corrected chi connectivity index (χ4v) is 5.38. The van der Waals surface area contributed by atoms with Crippen molar-refractivity contribution in [3.05, 3.63) is 84.2 Å². The summed E-state index contributed by atoms with van der Waals surface area (Å²) in [4.78, 5) is 1.87. The van der Waals surface area contributed by atoms with Crippen LogP contribution in [0.3, 0.4) is 0 Å². The zero-order valence-electron chi connectivity index (χ0n) is 18.7. The minimum absolute atomic E-state index is 0.236. The smallest absolute Gasteiger partial charge is 0.243 e. The van der Waals surface area contributed by atoms with Gasteiger partial charge in [-0.3, -0.25) is 0 Å². The Hall–Kier alpha value is -3.25. The third-order valence-corrected chi connectivity index (χ3v) is 7.36. The van der Waals surface area contributed by atoms with E-state index in [0.29, 0.717) is 25.1 Å². The van der Waals surface area contributed by atoms with Crippen molar-refractivity contribution >= 4 is 10.0 Å². The summed E-state index contributed by atoms with van der Waals surface area (Å²) >= 11 is 0. The summed E-state index contributed by atoms with van der Waals surface area (Å²) in [5, 5.41) is 8.91. The van der Waals surface area contributed by atoms with Crippen molar-refractivity contribution in [2.24, 2.45) is 0 Å². The monoisotopic (exact) mass is 479 g/mol. The number of hydrogen-bond acceptors (Lipinski definition) is 5. The molecule has 34 heavy (non-hydrogen) atoms. The number of halogens is 1. The lowest BCUT2D eigenvalue weighted by molar-refractivity contribution is 0.261. The van der Waals surface area contributed by atoms with Gasteiger partial charge >= 0.3 is 0 Å². The Balaban J connectivity index is 1.20. The van der Waals surface area contributed by atoms with Crippen LogP contribution in [0.1, 0.15) is 18.4 Å². The first kappa shape index (κ1) is 23.9. The molecule has 1 aliphatic rings. The molecule has 1 saturated heterocycles. The number of likely N-dealkylation sites (tertiary alicyclic amines) is 1. The Morgan fingerprint density at radius 3 is 2.38 bits per heavy atom. The van der Waals surface area contributed by atoms with Crippen molar-refractivity contribution in [3.63, 3.8) is 0 Å². The highest BCUT2D eigenvalue weighted by molar-refractivity contribution is 7.89. The first-order valence-corrected chi connectivity index (χ1v) is 12.7. The summed E-state index contributed by atoms with van der Waals surface area (Å²) < 4.78 is 47.3. The van der Waals surface area contributed by atoms with Crippen LogP contribution in [0.25, 0.3) is 11.1 Å². The van der Waals surface area contributed by atoms with Crippen molar-refractivity contribution < 1.29 is 17.5 Å². The van der Waals surface area contributed by atoms with E-state index in [9.17, 15) is 12.8 Å². The first-order chi connectivity index (χ1) is 16.4. The van der Waals surface area contributed by atoms with Crippen molar-refractivity contribution in [3.8, 4) is 22.9 Å². The van der Waals surface area contributed by atoms with Crippen LogP contribution in [0.4, 0.5) is 4.39 Å². The summed E-state index contributed by atoms with van der Waals surface area (Å²) in [7, 11) is -3.88. The third-order valence-electron chi connectivity index (χ3n) is 5.81. The Morgan fingerprint density at radius 1 is 1.03 bits per heavy atom. The fourth-order valence-electron chi connectivity index (χ4n) is 4.04. The molecule has 0 amide bonds. The molecule has 1 aliphatic heterocycles. The Labute approximate surface area is 199 Å². The van der Waals surface area contributed by atoms with Gasteiger partial charge in [-0.2, -0.15) is 5.26 Å². The van der Waals surface area contributed by atoms with Crippen molar-refractivity contribution in [2.75, 3.05) is 26.2 Å². The quantitative estimate of drug-likeness (QED) is 0.466. The van der Waals surface area contributed by atoms with Gasteiger partial charge in [0.15, 0.2) is 0 Å². The Kier molecular flexibility index (Phi) is 7.58. The van der Waals surface area contributed by atoms with Crippen LogP contribution in [0.5, 0.6) is 5.75 Å². The Bertz CT molecular complexity index is 1260. The van der Waals surface area contributed by atoms with Crippen LogP contribution in [0, 0.1) is 17.1 Å². The molecule has 8 heteroatoms. The molecule has 0 unspecified atom stereocenters. The fraction of sp³-hybridized carbons (Fsp3) is 0.269. The van der Waals surface area contributed by atoms with Crippen LogP contribution in [-0.2, 0) is 10.0 Å². The lowest BCUT2D eigenvalue weighted by Crippen LogP contribution is -2.37. The van der Waals surface area contributed by atoms with Crippen LogP contribution >= 0.6 is 0 Å². The molecule has 1 heterocycles. The minimum atomic E-state index is -3.88. The molecular formula is C26H26FN3O3S. The van der Waals surface area contributed by atoms with Crippen molar-refractivity contribution in [2.45, 2.75) is 23.8 Å². The zero-order chi connectivity index (χ0) is 24.0. The molecule has 4 rings (SSSR count). The second-order valence-corrected chi connectivity index (χ2v) is 9.94. The van der Waals surface area contributed by atoms with Crippen molar-refractivity contribution in [1.82, 2.24) is 9.62 Å². The number of ether oxygens (including phenoxy) is 1. The van der Waals surface area contributed by atoms with E-state index in [4.69, 9.17) is 10.00 Å². The number of nitriles is 1. The number of nitrogens with one attached hydrogen (secondary N) is 1. The maximum absolute atomic E-state index is 13.9. The maximum atomic E-state index is 13.9. The summed E-state index contributed by atoms with van der Waals surface area (Å²) in [6.07, 6.45) is 1.50. The molecule has 1 fully saturated rings. The SMILES string of the molecule is N#Cc1ccc(-c2ccc(OCCCN3CC[C@@H](NS(=O)(=O)c4ccccc4F)C3)cc2)cc1. The standard InChI is InChI=1S/C26H26FN3O3S/c27-25-4-1-2-5-26(25)34(31,32)29-23-14-16-30(19-23)15-3-17-33-24-12-10-22(11-13-24)21-8-6-20(18-28)7-9-21/h1-2,4-13,23,29H,3,14-17,19H2/t23-/m1/s1. The van der Waals surface area contributed by atoms with Crippen LogP contribution in [0.15, 0.2) is 77.7 Å². The highest BCUT2D eigenvalue weighted by Crippen LogP contribution is 2.23. The highest BCUT2D eigenvalue weighted by Gasteiger charge is 2.28. The van der Waals surface area contributed by atoms with E-state index in [1.807, 2.05) is 36.4 Å².